The molecule has 4 aromatic rings. The Morgan fingerprint density at radius 1 is 0.867 bits per heavy atom. The molecule has 1 N–H and O–H groups in total. The second-order valence-electron chi connectivity index (χ2n) is 7.17. The predicted octanol–water partition coefficient (Wildman–Crippen LogP) is 4.31. The predicted molar refractivity (Wildman–Crippen MR) is 116 cm³/mol. The van der Waals surface area contributed by atoms with Crippen LogP contribution in [0.15, 0.2) is 71.2 Å². The molecule has 0 radical (unpaired) electrons. The second-order valence-corrected chi connectivity index (χ2v) is 8.08. The van der Waals surface area contributed by atoms with E-state index in [0.717, 1.165) is 31.2 Å². The Balaban J connectivity index is 1.65. The monoisotopic (exact) mass is 462 g/mol. The zero-order valence-electron chi connectivity index (χ0n) is 15.6. The van der Waals surface area contributed by atoms with E-state index < -0.39 is 23.8 Å². The van der Waals surface area contributed by atoms with Gasteiger partial charge in [-0.05, 0) is 36.4 Å². The molecule has 1 unspecified atom stereocenters. The van der Waals surface area contributed by atoms with Crippen molar-refractivity contribution in [1.82, 2.24) is 9.47 Å². The maximum Gasteiger partial charge on any atom is 0.328 e. The molecular weight excluding hydrogens is 448 g/mol. The molecule has 1 aromatic heterocycles. The van der Waals surface area contributed by atoms with E-state index in [0.29, 0.717) is 0 Å². The Morgan fingerprint density at radius 3 is 2.13 bits per heavy atom. The molecule has 0 aliphatic carbocycles. The van der Waals surface area contributed by atoms with Crippen molar-refractivity contribution >= 4 is 55.5 Å². The fourth-order valence-electron chi connectivity index (χ4n) is 4.16. The van der Waals surface area contributed by atoms with Crippen LogP contribution in [0.2, 0.25) is 0 Å². The Morgan fingerprint density at radius 2 is 1.47 bits per heavy atom. The van der Waals surface area contributed by atoms with Gasteiger partial charge < -0.3 is 9.67 Å². The SMILES string of the molecule is O=C(O)C(Cn1c2ccccc2c2cc(Br)ccc21)N1C(=O)c2ccccc2C1=O. The van der Waals surface area contributed by atoms with E-state index in [1.807, 2.05) is 47.0 Å². The van der Waals surface area contributed by atoms with Gasteiger partial charge in [-0.15, -0.1) is 0 Å². The van der Waals surface area contributed by atoms with Gasteiger partial charge in [0.1, 0.15) is 0 Å². The van der Waals surface area contributed by atoms with Gasteiger partial charge in [-0.25, -0.2) is 4.79 Å². The average Bonchev–Trinajstić information content (AvgIpc) is 3.18. The number of aromatic nitrogens is 1. The first-order chi connectivity index (χ1) is 14.5. The van der Waals surface area contributed by atoms with Crippen LogP contribution in [-0.2, 0) is 11.3 Å². The molecule has 148 valence electrons. The molecule has 1 aliphatic rings. The van der Waals surface area contributed by atoms with Crippen LogP contribution in [0.25, 0.3) is 21.8 Å². The van der Waals surface area contributed by atoms with Crippen molar-refractivity contribution in [2.45, 2.75) is 12.6 Å². The molecule has 0 bridgehead atoms. The van der Waals surface area contributed by atoms with E-state index in [4.69, 9.17) is 0 Å². The Bertz CT molecular complexity index is 1340. The number of hydrogen-bond acceptors (Lipinski definition) is 3. The molecular formula is C23H15BrN2O4. The highest BCUT2D eigenvalue weighted by Crippen LogP contribution is 2.32. The molecule has 3 aromatic carbocycles. The van der Waals surface area contributed by atoms with E-state index in [-0.39, 0.29) is 17.7 Å². The van der Waals surface area contributed by atoms with Gasteiger partial charge in [-0.2, -0.15) is 0 Å². The summed E-state index contributed by atoms with van der Waals surface area (Å²) in [4.78, 5) is 38.8. The van der Waals surface area contributed by atoms with Crippen LogP contribution in [0.5, 0.6) is 0 Å². The maximum absolute atomic E-state index is 12.9. The zero-order valence-corrected chi connectivity index (χ0v) is 17.2. The number of benzene rings is 3. The molecule has 0 spiro atoms. The van der Waals surface area contributed by atoms with Crippen molar-refractivity contribution in [3.05, 3.63) is 82.3 Å². The molecule has 2 amide bonds. The molecule has 0 saturated heterocycles. The van der Waals surface area contributed by atoms with Crippen molar-refractivity contribution in [2.75, 3.05) is 0 Å². The molecule has 7 heteroatoms. The fraction of sp³-hybridized carbons (Fsp3) is 0.0870. The van der Waals surface area contributed by atoms with Crippen LogP contribution in [0.1, 0.15) is 20.7 Å². The Labute approximate surface area is 179 Å². The third kappa shape index (κ3) is 2.66. The van der Waals surface area contributed by atoms with Crippen LogP contribution >= 0.6 is 15.9 Å². The van der Waals surface area contributed by atoms with Crippen LogP contribution in [0.3, 0.4) is 0 Å². The molecule has 6 nitrogen and oxygen atoms in total. The highest BCUT2D eigenvalue weighted by molar-refractivity contribution is 9.10. The normalized spacial score (nSPS) is 14.5. The van der Waals surface area contributed by atoms with Crippen LogP contribution in [-0.4, -0.2) is 38.4 Å². The number of para-hydroxylation sites is 1. The van der Waals surface area contributed by atoms with Gasteiger partial charge in [-0.3, -0.25) is 14.5 Å². The van der Waals surface area contributed by atoms with Gasteiger partial charge in [0.2, 0.25) is 0 Å². The molecule has 5 rings (SSSR count). The van der Waals surface area contributed by atoms with E-state index in [1.165, 1.54) is 0 Å². The number of nitrogens with zero attached hydrogens (tertiary/aromatic N) is 2. The largest absolute Gasteiger partial charge is 0.480 e. The number of hydrogen-bond donors (Lipinski definition) is 1. The van der Waals surface area contributed by atoms with Gasteiger partial charge >= 0.3 is 5.97 Å². The summed E-state index contributed by atoms with van der Waals surface area (Å²) in [5.74, 6) is -2.38. The number of carboxylic acid groups (broad SMARTS) is 1. The number of rotatable bonds is 4. The fourth-order valence-corrected chi connectivity index (χ4v) is 4.52. The first-order valence-electron chi connectivity index (χ1n) is 9.33. The lowest BCUT2D eigenvalue weighted by Gasteiger charge is -2.24. The average molecular weight is 463 g/mol. The van der Waals surface area contributed by atoms with Gasteiger partial charge in [0.25, 0.3) is 11.8 Å². The molecule has 30 heavy (non-hydrogen) atoms. The number of aliphatic carboxylic acids is 1. The van der Waals surface area contributed by atoms with E-state index in [1.54, 1.807) is 24.3 Å². The summed E-state index contributed by atoms with van der Waals surface area (Å²) >= 11 is 3.49. The summed E-state index contributed by atoms with van der Waals surface area (Å²) in [7, 11) is 0. The number of amides is 2. The molecule has 1 aliphatic heterocycles. The first-order valence-corrected chi connectivity index (χ1v) is 10.1. The van der Waals surface area contributed by atoms with Crippen molar-refractivity contribution < 1.29 is 19.5 Å². The number of halogens is 1. The first kappa shape index (κ1) is 18.6. The van der Waals surface area contributed by atoms with Crippen molar-refractivity contribution in [3.63, 3.8) is 0 Å². The van der Waals surface area contributed by atoms with Crippen molar-refractivity contribution in [3.8, 4) is 0 Å². The third-order valence-electron chi connectivity index (χ3n) is 5.51. The molecule has 2 heterocycles. The minimum atomic E-state index is -1.33. The quantitative estimate of drug-likeness (QED) is 0.458. The highest BCUT2D eigenvalue weighted by atomic mass is 79.9. The summed E-state index contributed by atoms with van der Waals surface area (Å²) < 4.78 is 2.77. The summed E-state index contributed by atoms with van der Waals surface area (Å²) in [5.41, 5.74) is 2.15. The number of carbonyl (C=O) groups is 3. The zero-order chi connectivity index (χ0) is 21.0. The molecule has 0 saturated carbocycles. The summed E-state index contributed by atoms with van der Waals surface area (Å²) in [6.45, 7) is -0.0492. The smallest absolute Gasteiger partial charge is 0.328 e. The minimum Gasteiger partial charge on any atom is -0.480 e. The number of carbonyl (C=O) groups excluding carboxylic acids is 2. The van der Waals surface area contributed by atoms with E-state index in [9.17, 15) is 19.5 Å². The van der Waals surface area contributed by atoms with Crippen LogP contribution in [0.4, 0.5) is 0 Å². The number of fused-ring (bicyclic) bond motifs is 4. The minimum absolute atomic E-state index is 0.0492. The van der Waals surface area contributed by atoms with Crippen molar-refractivity contribution in [1.29, 1.82) is 0 Å². The topological polar surface area (TPSA) is 79.6 Å². The Hall–Kier alpha value is -3.45. The Kier molecular flexibility index (Phi) is 4.22. The highest BCUT2D eigenvalue weighted by Gasteiger charge is 2.43. The number of imide groups is 1. The van der Waals surface area contributed by atoms with Gasteiger partial charge in [0, 0.05) is 26.3 Å². The lowest BCUT2D eigenvalue weighted by atomic mass is 10.1. The van der Waals surface area contributed by atoms with Crippen LogP contribution in [0, 0.1) is 0 Å². The summed E-state index contributed by atoms with van der Waals surface area (Å²) in [5, 5.41) is 11.9. The number of carboxylic acids is 1. The van der Waals surface area contributed by atoms with Crippen LogP contribution < -0.4 is 0 Å². The van der Waals surface area contributed by atoms with E-state index >= 15 is 0 Å². The lowest BCUT2D eigenvalue weighted by molar-refractivity contribution is -0.142. The van der Waals surface area contributed by atoms with E-state index in [2.05, 4.69) is 15.9 Å². The molecule has 0 fully saturated rings. The summed E-state index contributed by atoms with van der Waals surface area (Å²) in [6.07, 6.45) is 0. The maximum atomic E-state index is 12.9. The third-order valence-corrected chi connectivity index (χ3v) is 6.01. The second kappa shape index (κ2) is 6.81. The lowest BCUT2D eigenvalue weighted by Crippen LogP contribution is -2.47. The van der Waals surface area contributed by atoms with Crippen molar-refractivity contribution in [2.24, 2.45) is 0 Å². The van der Waals surface area contributed by atoms with Gasteiger partial charge in [0.15, 0.2) is 6.04 Å². The molecule has 1 atom stereocenters. The van der Waals surface area contributed by atoms with Gasteiger partial charge in [-0.1, -0.05) is 46.3 Å². The summed E-state index contributed by atoms with van der Waals surface area (Å²) in [6, 6.07) is 18.5. The van der Waals surface area contributed by atoms with Gasteiger partial charge in [0.05, 0.1) is 17.7 Å². The standard InChI is InChI=1S/C23H15BrN2O4/c24-13-9-10-19-17(11-13)14-5-3-4-8-18(14)25(19)12-20(23(29)30)26-21(27)15-6-1-2-7-16(15)22(26)28/h1-11,20H,12H2,(H,29,30).